The van der Waals surface area contributed by atoms with Gasteiger partial charge in [0.2, 0.25) is 5.91 Å². The highest BCUT2D eigenvalue weighted by Gasteiger charge is 2.29. The average molecular weight is 387 g/mol. The predicted molar refractivity (Wildman–Crippen MR) is 102 cm³/mol. The van der Waals surface area contributed by atoms with E-state index >= 15 is 0 Å². The maximum atomic E-state index is 12.2. The van der Waals surface area contributed by atoms with Crippen LogP contribution in [0, 0.1) is 0 Å². The van der Waals surface area contributed by atoms with Gasteiger partial charge in [0.15, 0.2) is 9.84 Å². The van der Waals surface area contributed by atoms with Gasteiger partial charge in [0.25, 0.3) is 0 Å². The molecule has 1 aromatic rings. The maximum Gasteiger partial charge on any atom is 0.221 e. The molecule has 0 spiro atoms. The summed E-state index contributed by atoms with van der Waals surface area (Å²) in [5.74, 6) is -0.303. The molecule has 1 N–H and O–H groups in total. The van der Waals surface area contributed by atoms with Crippen molar-refractivity contribution in [3.05, 3.63) is 34.9 Å². The van der Waals surface area contributed by atoms with Crippen LogP contribution in [0.15, 0.2) is 24.3 Å². The maximum absolute atomic E-state index is 12.2. The van der Waals surface area contributed by atoms with Gasteiger partial charge in [-0.15, -0.1) is 0 Å². The van der Waals surface area contributed by atoms with Gasteiger partial charge >= 0.3 is 0 Å². The Hall–Kier alpha value is -1.11. The molecule has 1 aromatic carbocycles. The number of likely N-dealkylation sites (N-methyl/N-ethyl adjacent to an activating group) is 1. The standard InChI is InChI=1S/C18H27ClN2O3S/c1-21(2)17(15-9-5-6-10-16(15)19)13-20-18(22)11-12-25(23,24)14-7-3-4-8-14/h5-6,9-10,14,17H,3-4,7-8,11-13H2,1-2H3,(H,20,22). The summed E-state index contributed by atoms with van der Waals surface area (Å²) < 4.78 is 24.5. The molecule has 5 nitrogen and oxygen atoms in total. The molecular formula is C18H27ClN2O3S. The fourth-order valence-corrected chi connectivity index (χ4v) is 5.38. The Morgan fingerprint density at radius 1 is 1.28 bits per heavy atom. The zero-order chi connectivity index (χ0) is 18.4. The Balaban J connectivity index is 1.88. The molecule has 0 bridgehead atoms. The highest BCUT2D eigenvalue weighted by Crippen LogP contribution is 2.26. The Labute approximate surface area is 155 Å². The Morgan fingerprint density at radius 3 is 2.52 bits per heavy atom. The number of amides is 1. The number of hydrogen-bond donors (Lipinski definition) is 1. The molecule has 1 atom stereocenters. The van der Waals surface area contributed by atoms with Crippen LogP contribution in [0.1, 0.15) is 43.7 Å². The zero-order valence-corrected chi connectivity index (χ0v) is 16.4. The summed E-state index contributed by atoms with van der Waals surface area (Å²) in [6.07, 6.45) is 3.43. The van der Waals surface area contributed by atoms with Crippen LogP contribution in [0.2, 0.25) is 5.02 Å². The topological polar surface area (TPSA) is 66.5 Å². The van der Waals surface area contributed by atoms with Gasteiger partial charge in [0, 0.05) is 18.0 Å². The Morgan fingerprint density at radius 2 is 1.92 bits per heavy atom. The van der Waals surface area contributed by atoms with Crippen LogP contribution in [-0.4, -0.2) is 50.9 Å². The van der Waals surface area contributed by atoms with E-state index in [2.05, 4.69) is 5.32 Å². The van der Waals surface area contributed by atoms with Crippen molar-refractivity contribution in [2.45, 2.75) is 43.4 Å². The van der Waals surface area contributed by atoms with E-state index in [9.17, 15) is 13.2 Å². The highest BCUT2D eigenvalue weighted by atomic mass is 35.5. The van der Waals surface area contributed by atoms with Gasteiger partial charge in [-0.3, -0.25) is 4.79 Å². The van der Waals surface area contributed by atoms with E-state index in [-0.39, 0.29) is 29.4 Å². The summed E-state index contributed by atoms with van der Waals surface area (Å²) in [5, 5.41) is 3.25. The number of nitrogens with zero attached hydrogens (tertiary/aromatic N) is 1. The monoisotopic (exact) mass is 386 g/mol. The lowest BCUT2D eigenvalue weighted by Crippen LogP contribution is -2.35. The van der Waals surface area contributed by atoms with E-state index in [0.29, 0.717) is 11.6 Å². The fraction of sp³-hybridized carbons (Fsp3) is 0.611. The van der Waals surface area contributed by atoms with Crippen molar-refractivity contribution < 1.29 is 13.2 Å². The van der Waals surface area contributed by atoms with E-state index in [0.717, 1.165) is 31.2 Å². The number of carbonyl (C=O) groups is 1. The number of benzene rings is 1. The summed E-state index contributed by atoms with van der Waals surface area (Å²) >= 11 is 6.25. The van der Waals surface area contributed by atoms with E-state index in [4.69, 9.17) is 11.6 Å². The summed E-state index contributed by atoms with van der Waals surface area (Å²) in [6, 6.07) is 7.47. The smallest absolute Gasteiger partial charge is 0.221 e. The summed E-state index contributed by atoms with van der Waals surface area (Å²) in [6.45, 7) is 0.388. The van der Waals surface area contributed by atoms with Crippen molar-refractivity contribution >= 4 is 27.3 Å². The number of carbonyl (C=O) groups excluding carboxylic acids is 1. The van der Waals surface area contributed by atoms with E-state index in [1.807, 2.05) is 43.3 Å². The third-order valence-electron chi connectivity index (χ3n) is 4.80. The molecule has 0 aromatic heterocycles. The van der Waals surface area contributed by atoms with Crippen LogP contribution in [-0.2, 0) is 14.6 Å². The minimum Gasteiger partial charge on any atom is -0.354 e. The molecule has 1 saturated carbocycles. The molecule has 1 fully saturated rings. The van der Waals surface area contributed by atoms with Crippen LogP contribution in [0.25, 0.3) is 0 Å². The summed E-state index contributed by atoms with van der Waals surface area (Å²) in [4.78, 5) is 14.1. The molecule has 1 amide bonds. The van der Waals surface area contributed by atoms with Gasteiger partial charge in [-0.2, -0.15) is 0 Å². The molecule has 7 heteroatoms. The number of rotatable bonds is 8. The van der Waals surface area contributed by atoms with E-state index in [1.54, 1.807) is 0 Å². The SMILES string of the molecule is CN(C)C(CNC(=O)CCS(=O)(=O)C1CCCC1)c1ccccc1Cl. The molecular weight excluding hydrogens is 360 g/mol. The van der Waals surface area contributed by atoms with E-state index < -0.39 is 9.84 Å². The summed E-state index contributed by atoms with van der Waals surface area (Å²) in [7, 11) is 0.681. The first-order valence-corrected chi connectivity index (χ1v) is 10.8. The first-order valence-electron chi connectivity index (χ1n) is 8.70. The molecule has 0 heterocycles. The lowest BCUT2D eigenvalue weighted by atomic mass is 10.1. The van der Waals surface area contributed by atoms with Crippen LogP contribution < -0.4 is 5.32 Å². The van der Waals surface area contributed by atoms with Crippen molar-refractivity contribution in [2.24, 2.45) is 0 Å². The Bertz CT molecular complexity index is 685. The molecule has 140 valence electrons. The quantitative estimate of drug-likeness (QED) is 0.746. The van der Waals surface area contributed by atoms with Gasteiger partial charge in [-0.25, -0.2) is 8.42 Å². The third kappa shape index (κ3) is 5.69. The van der Waals surface area contributed by atoms with Crippen molar-refractivity contribution in [1.82, 2.24) is 10.2 Å². The van der Waals surface area contributed by atoms with Crippen molar-refractivity contribution in [3.63, 3.8) is 0 Å². The van der Waals surface area contributed by atoms with Crippen molar-refractivity contribution in [1.29, 1.82) is 0 Å². The second kappa shape index (κ2) is 9.01. The predicted octanol–water partition coefficient (Wildman–Crippen LogP) is 2.81. The second-order valence-corrected chi connectivity index (χ2v) is 9.64. The zero-order valence-electron chi connectivity index (χ0n) is 14.9. The lowest BCUT2D eigenvalue weighted by molar-refractivity contribution is -0.120. The average Bonchev–Trinajstić information content (AvgIpc) is 3.10. The highest BCUT2D eigenvalue weighted by molar-refractivity contribution is 7.92. The molecule has 2 rings (SSSR count). The third-order valence-corrected chi connectivity index (χ3v) is 7.41. The number of halogens is 1. The first kappa shape index (κ1) is 20.2. The first-order chi connectivity index (χ1) is 11.8. The molecule has 25 heavy (non-hydrogen) atoms. The number of sulfone groups is 1. The van der Waals surface area contributed by atoms with Gasteiger partial charge < -0.3 is 10.2 Å². The number of hydrogen-bond acceptors (Lipinski definition) is 4. The minimum absolute atomic E-state index is 0.0154. The second-order valence-electron chi connectivity index (χ2n) is 6.83. The lowest BCUT2D eigenvalue weighted by Gasteiger charge is -2.26. The molecule has 0 radical (unpaired) electrons. The molecule has 1 aliphatic rings. The van der Waals surface area contributed by atoms with Gasteiger partial charge in [0.05, 0.1) is 17.0 Å². The van der Waals surface area contributed by atoms with Crippen LogP contribution in [0.4, 0.5) is 0 Å². The van der Waals surface area contributed by atoms with Gasteiger partial charge in [-0.05, 0) is 38.6 Å². The largest absolute Gasteiger partial charge is 0.354 e. The van der Waals surface area contributed by atoms with E-state index in [1.165, 1.54) is 0 Å². The normalized spacial score (nSPS) is 17.0. The summed E-state index contributed by atoms with van der Waals surface area (Å²) in [5.41, 5.74) is 0.938. The van der Waals surface area contributed by atoms with Crippen LogP contribution in [0.5, 0.6) is 0 Å². The molecule has 0 aliphatic heterocycles. The van der Waals surface area contributed by atoms with Gasteiger partial charge in [0.1, 0.15) is 0 Å². The molecule has 1 unspecified atom stereocenters. The minimum atomic E-state index is -3.16. The molecule has 0 saturated heterocycles. The number of nitrogens with one attached hydrogen (secondary N) is 1. The Kier molecular flexibility index (Phi) is 7.28. The van der Waals surface area contributed by atoms with Crippen LogP contribution >= 0.6 is 11.6 Å². The molecule has 1 aliphatic carbocycles. The van der Waals surface area contributed by atoms with Crippen molar-refractivity contribution in [3.8, 4) is 0 Å². The van der Waals surface area contributed by atoms with Gasteiger partial charge in [-0.1, -0.05) is 42.6 Å². The van der Waals surface area contributed by atoms with Crippen molar-refractivity contribution in [2.75, 3.05) is 26.4 Å². The fourth-order valence-electron chi connectivity index (χ4n) is 3.26. The van der Waals surface area contributed by atoms with Crippen LogP contribution in [0.3, 0.4) is 0 Å².